The van der Waals surface area contributed by atoms with E-state index in [1.165, 1.54) is 33.8 Å². The minimum absolute atomic E-state index is 0.0111. The third-order valence-corrected chi connectivity index (χ3v) is 8.61. The molecule has 4 heteroatoms. The lowest BCUT2D eigenvalue weighted by Crippen LogP contribution is -2.55. The molecule has 0 amide bonds. The molecule has 4 nitrogen and oxygen atoms in total. The molecule has 6 rings (SSSR count). The molecule has 1 unspecified atom stereocenters. The van der Waals surface area contributed by atoms with Crippen molar-refractivity contribution in [1.29, 1.82) is 0 Å². The van der Waals surface area contributed by atoms with Gasteiger partial charge in [0.05, 0.1) is 5.54 Å². The van der Waals surface area contributed by atoms with Gasteiger partial charge in [-0.3, -0.25) is 0 Å². The van der Waals surface area contributed by atoms with Crippen LogP contribution in [0.1, 0.15) is 30.5 Å². The Morgan fingerprint density at radius 2 is 1.44 bits per heavy atom. The van der Waals surface area contributed by atoms with E-state index in [0.717, 1.165) is 32.6 Å². The second kappa shape index (κ2) is 7.56. The Hall–Kier alpha value is -3.40. The number of rotatable bonds is 2. The quantitative estimate of drug-likeness (QED) is 0.561. The van der Waals surface area contributed by atoms with Crippen molar-refractivity contribution in [3.05, 3.63) is 89.5 Å². The fraction of sp³-hybridized carbons (Fsp3) is 0.333. The molecule has 0 saturated carbocycles. The third-order valence-electron chi connectivity index (χ3n) is 8.61. The first-order chi connectivity index (χ1) is 16.4. The summed E-state index contributed by atoms with van der Waals surface area (Å²) in [5, 5.41) is 9.59. The van der Waals surface area contributed by atoms with Gasteiger partial charge in [-0.1, -0.05) is 56.3 Å². The molecule has 3 aliphatic rings. The lowest BCUT2D eigenvalue weighted by Gasteiger charge is -2.46. The SMILES string of the molecule is CN1c2cc(N3CCN(c4ccc(O)cc4)CC3)ccc2C(C)(C)C12C=Cc1ccccc1C2. The van der Waals surface area contributed by atoms with Crippen LogP contribution in [-0.2, 0) is 11.8 Å². The van der Waals surface area contributed by atoms with Gasteiger partial charge in [0.25, 0.3) is 0 Å². The second-order valence-corrected chi connectivity index (χ2v) is 10.5. The van der Waals surface area contributed by atoms with Crippen LogP contribution in [-0.4, -0.2) is 43.9 Å². The largest absolute Gasteiger partial charge is 0.508 e. The van der Waals surface area contributed by atoms with E-state index in [0.29, 0.717) is 5.75 Å². The summed E-state index contributed by atoms with van der Waals surface area (Å²) in [5.41, 5.74) is 8.02. The maximum atomic E-state index is 9.59. The van der Waals surface area contributed by atoms with E-state index in [-0.39, 0.29) is 11.0 Å². The molecule has 174 valence electrons. The smallest absolute Gasteiger partial charge is 0.115 e. The fourth-order valence-electron chi connectivity index (χ4n) is 6.37. The molecule has 0 aromatic heterocycles. The number of aromatic hydroxyl groups is 1. The number of phenolic OH excluding ortho intramolecular Hbond substituents is 1. The first-order valence-corrected chi connectivity index (χ1v) is 12.3. The predicted octanol–water partition coefficient (Wildman–Crippen LogP) is 5.45. The summed E-state index contributed by atoms with van der Waals surface area (Å²) in [7, 11) is 2.28. The Bertz CT molecular complexity index is 1250. The van der Waals surface area contributed by atoms with Crippen LogP contribution < -0.4 is 14.7 Å². The predicted molar refractivity (Wildman–Crippen MR) is 142 cm³/mol. The zero-order chi connectivity index (χ0) is 23.5. The summed E-state index contributed by atoms with van der Waals surface area (Å²) in [5.74, 6) is 0.321. The molecule has 0 radical (unpaired) electrons. The zero-order valence-corrected chi connectivity index (χ0v) is 20.3. The first-order valence-electron chi connectivity index (χ1n) is 12.3. The van der Waals surface area contributed by atoms with Crippen LogP contribution in [0.25, 0.3) is 6.08 Å². The molecule has 3 aromatic rings. The summed E-state index contributed by atoms with van der Waals surface area (Å²) in [6.45, 7) is 8.75. The molecular formula is C30H33N3O. The number of anilines is 3. The van der Waals surface area contributed by atoms with Crippen LogP contribution >= 0.6 is 0 Å². The summed E-state index contributed by atoms with van der Waals surface area (Å²) in [4.78, 5) is 7.44. The maximum absolute atomic E-state index is 9.59. The van der Waals surface area contributed by atoms with Crippen molar-refractivity contribution in [1.82, 2.24) is 0 Å². The van der Waals surface area contributed by atoms with Crippen molar-refractivity contribution in [3.8, 4) is 5.75 Å². The molecule has 34 heavy (non-hydrogen) atoms. The molecular weight excluding hydrogens is 418 g/mol. The van der Waals surface area contributed by atoms with Crippen molar-refractivity contribution in [3.63, 3.8) is 0 Å². The Labute approximate surface area is 202 Å². The molecule has 1 atom stereocenters. The second-order valence-electron chi connectivity index (χ2n) is 10.5. The van der Waals surface area contributed by atoms with Gasteiger partial charge < -0.3 is 19.8 Å². The van der Waals surface area contributed by atoms with Crippen molar-refractivity contribution in [2.24, 2.45) is 0 Å². The van der Waals surface area contributed by atoms with E-state index < -0.39 is 0 Å². The van der Waals surface area contributed by atoms with E-state index in [1.54, 1.807) is 12.1 Å². The van der Waals surface area contributed by atoms with E-state index in [4.69, 9.17) is 0 Å². The standard InChI is InChI=1S/C30H33N3O/c1-29(2)27-13-10-25(33-18-16-32(17-19-33)24-8-11-26(34)12-9-24)20-28(27)31(3)30(29)15-14-22-6-4-5-7-23(22)21-30/h4-15,20,34H,16-19,21H2,1-3H3. The van der Waals surface area contributed by atoms with Gasteiger partial charge in [-0.25, -0.2) is 0 Å². The number of hydrogen-bond donors (Lipinski definition) is 1. The van der Waals surface area contributed by atoms with Gasteiger partial charge in [-0.15, -0.1) is 0 Å². The summed E-state index contributed by atoms with van der Waals surface area (Å²) in [6, 6.07) is 23.5. The van der Waals surface area contributed by atoms with Crippen LogP contribution in [0.5, 0.6) is 5.75 Å². The fourth-order valence-corrected chi connectivity index (χ4v) is 6.37. The van der Waals surface area contributed by atoms with Crippen molar-refractivity contribution in [2.75, 3.05) is 47.9 Å². The third kappa shape index (κ3) is 3.04. The van der Waals surface area contributed by atoms with Crippen LogP contribution in [0.2, 0.25) is 0 Å². The lowest BCUT2D eigenvalue weighted by atomic mass is 9.65. The lowest BCUT2D eigenvalue weighted by molar-refractivity contribution is 0.330. The summed E-state index contributed by atoms with van der Waals surface area (Å²) in [6.07, 6.45) is 5.80. The van der Waals surface area contributed by atoms with Gasteiger partial charge in [-0.2, -0.15) is 0 Å². The number of nitrogens with zero attached hydrogens (tertiary/aromatic N) is 3. The number of piperazine rings is 1. The molecule has 1 N–H and O–H groups in total. The first kappa shape index (κ1) is 21.2. The molecule has 1 saturated heterocycles. The average Bonchev–Trinajstić information content (AvgIpc) is 3.02. The zero-order valence-electron chi connectivity index (χ0n) is 20.3. The number of fused-ring (bicyclic) bond motifs is 2. The van der Waals surface area contributed by atoms with E-state index >= 15 is 0 Å². The minimum Gasteiger partial charge on any atom is -0.508 e. The Morgan fingerprint density at radius 1 is 0.794 bits per heavy atom. The number of likely N-dealkylation sites (N-methyl/N-ethyl adjacent to an activating group) is 1. The van der Waals surface area contributed by atoms with Gasteiger partial charge >= 0.3 is 0 Å². The van der Waals surface area contributed by atoms with E-state index in [1.807, 2.05) is 12.1 Å². The van der Waals surface area contributed by atoms with Gasteiger partial charge in [-0.05, 0) is 53.1 Å². The molecule has 2 aliphatic heterocycles. The highest BCUT2D eigenvalue weighted by molar-refractivity contribution is 5.76. The van der Waals surface area contributed by atoms with Crippen molar-refractivity contribution < 1.29 is 5.11 Å². The Morgan fingerprint density at radius 3 is 2.18 bits per heavy atom. The topological polar surface area (TPSA) is 30.0 Å². The molecule has 1 fully saturated rings. The molecule has 0 bridgehead atoms. The van der Waals surface area contributed by atoms with E-state index in [9.17, 15) is 5.11 Å². The van der Waals surface area contributed by atoms with Gasteiger partial charge in [0.2, 0.25) is 0 Å². The van der Waals surface area contributed by atoms with Gasteiger partial charge in [0, 0.05) is 62.1 Å². The highest BCUT2D eigenvalue weighted by atomic mass is 16.3. The molecule has 1 spiro atoms. The van der Waals surface area contributed by atoms with Crippen molar-refractivity contribution >= 4 is 23.1 Å². The monoisotopic (exact) mass is 451 g/mol. The normalized spacial score (nSPS) is 22.7. The summed E-state index contributed by atoms with van der Waals surface area (Å²) >= 11 is 0. The Balaban J connectivity index is 1.26. The van der Waals surface area contributed by atoms with Gasteiger partial charge in [0.15, 0.2) is 0 Å². The molecule has 1 aliphatic carbocycles. The molecule has 2 heterocycles. The molecule has 3 aromatic carbocycles. The number of benzene rings is 3. The average molecular weight is 452 g/mol. The van der Waals surface area contributed by atoms with Crippen LogP contribution in [0.3, 0.4) is 0 Å². The number of hydrogen-bond acceptors (Lipinski definition) is 4. The maximum Gasteiger partial charge on any atom is 0.115 e. The minimum atomic E-state index is -0.0557. The van der Waals surface area contributed by atoms with Crippen LogP contribution in [0, 0.1) is 0 Å². The van der Waals surface area contributed by atoms with Gasteiger partial charge in [0.1, 0.15) is 5.75 Å². The summed E-state index contributed by atoms with van der Waals surface area (Å²) < 4.78 is 0. The highest BCUT2D eigenvalue weighted by Crippen LogP contribution is 2.55. The van der Waals surface area contributed by atoms with Crippen LogP contribution in [0.4, 0.5) is 17.1 Å². The van der Waals surface area contributed by atoms with Crippen molar-refractivity contribution in [2.45, 2.75) is 31.2 Å². The highest BCUT2D eigenvalue weighted by Gasteiger charge is 2.54. The van der Waals surface area contributed by atoms with E-state index in [2.05, 4.69) is 90.2 Å². The number of phenols is 1. The Kier molecular flexibility index (Phi) is 4.70. The van der Waals surface area contributed by atoms with Crippen LogP contribution in [0.15, 0.2) is 72.8 Å².